The van der Waals surface area contributed by atoms with Crippen molar-refractivity contribution in [2.45, 2.75) is 30.6 Å². The molecule has 0 aliphatic heterocycles. The summed E-state index contributed by atoms with van der Waals surface area (Å²) in [4.78, 5) is 0. The number of aromatic hydroxyl groups is 1. The van der Waals surface area contributed by atoms with Gasteiger partial charge in [-0.05, 0) is 18.9 Å². The molecular formula is C11H15IO. The summed E-state index contributed by atoms with van der Waals surface area (Å²) in [7, 11) is 0. The number of rotatable bonds is 3. The van der Waals surface area contributed by atoms with E-state index in [1.54, 1.807) is 0 Å². The first-order valence-electron chi connectivity index (χ1n) is 4.59. The van der Waals surface area contributed by atoms with Crippen LogP contribution >= 0.6 is 22.6 Å². The third-order valence-corrected chi connectivity index (χ3v) is 3.44. The monoisotopic (exact) mass is 290 g/mol. The van der Waals surface area contributed by atoms with Crippen LogP contribution in [0.3, 0.4) is 0 Å². The van der Waals surface area contributed by atoms with E-state index in [0.29, 0.717) is 9.67 Å². The molecule has 72 valence electrons. The molecule has 2 heteroatoms. The van der Waals surface area contributed by atoms with Crippen LogP contribution in [0.1, 0.15) is 34.8 Å². The van der Waals surface area contributed by atoms with Crippen LogP contribution < -0.4 is 0 Å². The first kappa shape index (κ1) is 10.8. The average molecular weight is 290 g/mol. The minimum absolute atomic E-state index is 0.433. The van der Waals surface area contributed by atoms with Crippen LogP contribution in [-0.4, -0.2) is 5.11 Å². The van der Waals surface area contributed by atoms with E-state index in [9.17, 15) is 5.11 Å². The number of hydrogen-bond donors (Lipinski definition) is 1. The van der Waals surface area contributed by atoms with E-state index in [1.807, 2.05) is 25.1 Å². The Balaban J connectivity index is 2.93. The molecule has 0 amide bonds. The molecule has 1 rings (SSSR count). The van der Waals surface area contributed by atoms with E-state index in [1.165, 1.54) is 0 Å². The molecule has 0 bridgehead atoms. The van der Waals surface area contributed by atoms with Gasteiger partial charge in [0.1, 0.15) is 5.75 Å². The van der Waals surface area contributed by atoms with Crippen molar-refractivity contribution in [3.63, 3.8) is 0 Å². The van der Waals surface area contributed by atoms with Gasteiger partial charge in [-0.15, -0.1) is 0 Å². The molecule has 0 saturated heterocycles. The highest BCUT2D eigenvalue weighted by Crippen LogP contribution is 2.35. The van der Waals surface area contributed by atoms with Gasteiger partial charge in [0, 0.05) is 9.49 Å². The third-order valence-electron chi connectivity index (χ3n) is 2.15. The Morgan fingerprint density at radius 2 is 2.15 bits per heavy atom. The predicted octanol–water partition coefficient (Wildman–Crippen LogP) is 3.98. The molecule has 0 radical (unpaired) electrons. The molecule has 1 nitrogen and oxygen atoms in total. The van der Waals surface area contributed by atoms with Gasteiger partial charge < -0.3 is 5.11 Å². The van der Waals surface area contributed by atoms with E-state index in [2.05, 4.69) is 29.5 Å². The second-order valence-electron chi connectivity index (χ2n) is 3.27. The highest BCUT2D eigenvalue weighted by atomic mass is 127. The van der Waals surface area contributed by atoms with Gasteiger partial charge in [0.25, 0.3) is 0 Å². The maximum Gasteiger partial charge on any atom is 0.122 e. The van der Waals surface area contributed by atoms with Gasteiger partial charge in [0.2, 0.25) is 0 Å². The Labute approximate surface area is 93.3 Å². The molecule has 0 fully saturated rings. The van der Waals surface area contributed by atoms with Crippen molar-refractivity contribution in [1.29, 1.82) is 0 Å². The topological polar surface area (TPSA) is 20.2 Å². The summed E-state index contributed by atoms with van der Waals surface area (Å²) in [6, 6.07) is 5.95. The quantitative estimate of drug-likeness (QED) is 0.659. The number of phenols is 1. The number of aryl methyl sites for hydroxylation is 1. The van der Waals surface area contributed by atoms with Crippen molar-refractivity contribution < 1.29 is 5.11 Å². The van der Waals surface area contributed by atoms with Crippen LogP contribution in [0.5, 0.6) is 5.75 Å². The van der Waals surface area contributed by atoms with Crippen LogP contribution in [-0.2, 0) is 0 Å². The van der Waals surface area contributed by atoms with Crippen molar-refractivity contribution in [3.8, 4) is 5.75 Å². The van der Waals surface area contributed by atoms with Gasteiger partial charge >= 0.3 is 0 Å². The molecule has 1 N–H and O–H groups in total. The molecule has 0 spiro atoms. The summed E-state index contributed by atoms with van der Waals surface area (Å²) in [5, 5.41) is 9.79. The number of benzene rings is 1. The average Bonchev–Trinajstić information content (AvgIpc) is 2.10. The lowest BCUT2D eigenvalue weighted by atomic mass is 10.0. The molecular weight excluding hydrogens is 275 g/mol. The van der Waals surface area contributed by atoms with Crippen LogP contribution in [0, 0.1) is 6.92 Å². The lowest BCUT2D eigenvalue weighted by molar-refractivity contribution is 0.463. The third kappa shape index (κ3) is 2.59. The molecule has 0 saturated carbocycles. The molecule has 0 heterocycles. The van der Waals surface area contributed by atoms with Gasteiger partial charge in [-0.3, -0.25) is 0 Å². The fourth-order valence-corrected chi connectivity index (χ4v) is 2.47. The van der Waals surface area contributed by atoms with Crippen molar-refractivity contribution in [1.82, 2.24) is 0 Å². The smallest absolute Gasteiger partial charge is 0.122 e. The maximum absolute atomic E-state index is 9.79. The molecule has 0 aliphatic rings. The Hall–Kier alpha value is -0.250. The van der Waals surface area contributed by atoms with E-state index in [4.69, 9.17) is 0 Å². The second kappa shape index (κ2) is 4.84. The van der Waals surface area contributed by atoms with Gasteiger partial charge in [-0.1, -0.05) is 54.1 Å². The highest BCUT2D eigenvalue weighted by Gasteiger charge is 2.11. The number of para-hydroxylation sites is 1. The molecule has 0 aliphatic carbocycles. The Morgan fingerprint density at radius 3 is 2.77 bits per heavy atom. The fourth-order valence-electron chi connectivity index (χ4n) is 1.34. The molecule has 1 aromatic rings. The summed E-state index contributed by atoms with van der Waals surface area (Å²) in [6.07, 6.45) is 2.28. The van der Waals surface area contributed by atoms with Crippen LogP contribution in [0.2, 0.25) is 0 Å². The van der Waals surface area contributed by atoms with Crippen molar-refractivity contribution >= 4 is 22.6 Å². The van der Waals surface area contributed by atoms with Crippen molar-refractivity contribution in [3.05, 3.63) is 29.3 Å². The zero-order valence-corrected chi connectivity index (χ0v) is 10.2. The molecule has 13 heavy (non-hydrogen) atoms. The van der Waals surface area contributed by atoms with E-state index >= 15 is 0 Å². The number of alkyl halides is 1. The summed E-state index contributed by atoms with van der Waals surface area (Å²) in [5.41, 5.74) is 2.04. The zero-order chi connectivity index (χ0) is 9.84. The first-order chi connectivity index (χ1) is 6.16. The van der Waals surface area contributed by atoms with E-state index in [-0.39, 0.29) is 0 Å². The standard InChI is InChI=1S/C11H15IO/c1-3-5-10(12)9-7-4-6-8(2)11(9)13/h4,6-7,10,13H,3,5H2,1-2H3. The number of halogens is 1. The van der Waals surface area contributed by atoms with Crippen molar-refractivity contribution in [2.75, 3.05) is 0 Å². The van der Waals surface area contributed by atoms with E-state index in [0.717, 1.165) is 24.0 Å². The fraction of sp³-hybridized carbons (Fsp3) is 0.455. The maximum atomic E-state index is 9.79. The lowest BCUT2D eigenvalue weighted by Crippen LogP contribution is -1.91. The minimum Gasteiger partial charge on any atom is -0.507 e. The van der Waals surface area contributed by atoms with Crippen molar-refractivity contribution in [2.24, 2.45) is 0 Å². The normalized spacial score (nSPS) is 12.8. The second-order valence-corrected chi connectivity index (χ2v) is 4.77. The van der Waals surface area contributed by atoms with E-state index < -0.39 is 0 Å². The summed E-state index contributed by atoms with van der Waals surface area (Å²) >= 11 is 2.39. The Kier molecular flexibility index (Phi) is 4.03. The summed E-state index contributed by atoms with van der Waals surface area (Å²) in [6.45, 7) is 4.10. The largest absolute Gasteiger partial charge is 0.507 e. The number of hydrogen-bond acceptors (Lipinski definition) is 1. The minimum atomic E-state index is 0.433. The van der Waals surface area contributed by atoms with Crippen LogP contribution in [0.15, 0.2) is 18.2 Å². The predicted molar refractivity (Wildman–Crippen MR) is 64.5 cm³/mol. The lowest BCUT2D eigenvalue weighted by Gasteiger charge is -2.12. The van der Waals surface area contributed by atoms with Gasteiger partial charge in [-0.25, -0.2) is 0 Å². The number of phenolic OH excluding ortho intramolecular Hbond substituents is 1. The Bertz CT molecular complexity index is 283. The summed E-state index contributed by atoms with van der Waals surface area (Å²) < 4.78 is 0.433. The molecule has 1 unspecified atom stereocenters. The summed E-state index contributed by atoms with van der Waals surface area (Å²) in [5.74, 6) is 0.468. The SMILES string of the molecule is CCCC(I)c1cccc(C)c1O. The molecule has 1 atom stereocenters. The van der Waals surface area contributed by atoms with Gasteiger partial charge in [0.05, 0.1) is 0 Å². The Morgan fingerprint density at radius 1 is 1.46 bits per heavy atom. The van der Waals surface area contributed by atoms with Gasteiger partial charge in [-0.2, -0.15) is 0 Å². The van der Waals surface area contributed by atoms with Gasteiger partial charge in [0.15, 0.2) is 0 Å². The van der Waals surface area contributed by atoms with Crippen LogP contribution in [0.25, 0.3) is 0 Å². The molecule has 0 aromatic heterocycles. The first-order valence-corrected chi connectivity index (χ1v) is 5.84. The zero-order valence-electron chi connectivity index (χ0n) is 8.05. The highest BCUT2D eigenvalue weighted by molar-refractivity contribution is 14.1. The molecule has 1 aromatic carbocycles. The van der Waals surface area contributed by atoms with Crippen LogP contribution in [0.4, 0.5) is 0 Å².